The molecule has 1 aromatic rings. The highest BCUT2D eigenvalue weighted by Gasteiger charge is 2.26. The minimum Gasteiger partial charge on any atom is -0.372 e. The van der Waals surface area contributed by atoms with Gasteiger partial charge in [0, 0.05) is 19.2 Å². The van der Waals surface area contributed by atoms with E-state index in [1.54, 1.807) is 0 Å². The van der Waals surface area contributed by atoms with E-state index in [-0.39, 0.29) is 0 Å². The third-order valence-corrected chi connectivity index (χ3v) is 4.87. The van der Waals surface area contributed by atoms with Gasteiger partial charge in [-0.25, -0.2) is 9.97 Å². The summed E-state index contributed by atoms with van der Waals surface area (Å²) in [6.07, 6.45) is 7.07. The quantitative estimate of drug-likeness (QED) is 0.828. The Hall–Kier alpha value is -0.390. The maximum Gasteiger partial charge on any atom is 0.142 e. The van der Waals surface area contributed by atoms with Crippen LogP contribution >= 0.6 is 22.6 Å². The molecule has 1 fully saturated rings. The van der Waals surface area contributed by atoms with Crippen LogP contribution in [0.5, 0.6) is 0 Å². The number of hydrogen-bond acceptors (Lipinski definition) is 3. The summed E-state index contributed by atoms with van der Waals surface area (Å²) in [6, 6.07) is 0. The van der Waals surface area contributed by atoms with Crippen LogP contribution in [0.2, 0.25) is 0 Å². The van der Waals surface area contributed by atoms with Crippen molar-refractivity contribution in [3.05, 3.63) is 15.6 Å². The zero-order valence-corrected chi connectivity index (χ0v) is 13.6. The second-order valence-corrected chi connectivity index (χ2v) is 6.69. The fraction of sp³-hybridized carbons (Fsp3) is 0.714. The Bertz CT molecular complexity index is 398. The van der Waals surface area contributed by atoms with Crippen molar-refractivity contribution in [1.82, 2.24) is 9.97 Å². The van der Waals surface area contributed by atoms with Crippen LogP contribution in [-0.2, 0) is 0 Å². The topological polar surface area (TPSA) is 37.8 Å². The minimum absolute atomic E-state index is 0.559. The van der Waals surface area contributed by atoms with Crippen molar-refractivity contribution < 1.29 is 0 Å². The third-order valence-electron chi connectivity index (χ3n) is 4.08. The van der Waals surface area contributed by atoms with E-state index in [1.165, 1.54) is 25.7 Å². The molecule has 18 heavy (non-hydrogen) atoms. The molecule has 0 bridgehead atoms. The minimum atomic E-state index is 0.559. The first kappa shape index (κ1) is 14.0. The summed E-state index contributed by atoms with van der Waals surface area (Å²) in [6.45, 7) is 4.68. The number of anilines is 1. The fourth-order valence-electron chi connectivity index (χ4n) is 2.80. The van der Waals surface area contributed by atoms with Gasteiger partial charge in [-0.1, -0.05) is 13.8 Å². The molecule has 0 unspecified atom stereocenters. The normalized spacial score (nSPS) is 24.3. The number of nitrogens with zero attached hydrogens (tertiary/aromatic N) is 2. The van der Waals surface area contributed by atoms with Gasteiger partial charge in [0.1, 0.15) is 11.6 Å². The Labute approximate surface area is 123 Å². The second kappa shape index (κ2) is 6.17. The predicted molar refractivity (Wildman–Crippen MR) is 83.8 cm³/mol. The molecular weight excluding hydrogens is 337 g/mol. The monoisotopic (exact) mass is 359 g/mol. The Kier molecular flexibility index (Phi) is 4.81. The zero-order chi connectivity index (χ0) is 13.1. The van der Waals surface area contributed by atoms with E-state index in [1.807, 2.05) is 13.2 Å². The molecule has 2 rings (SSSR count). The second-order valence-electron chi connectivity index (χ2n) is 5.53. The van der Waals surface area contributed by atoms with Gasteiger partial charge in [-0.2, -0.15) is 0 Å². The highest BCUT2D eigenvalue weighted by molar-refractivity contribution is 14.1. The summed E-state index contributed by atoms with van der Waals surface area (Å²) in [4.78, 5) is 9.18. The number of rotatable bonds is 3. The van der Waals surface area contributed by atoms with E-state index < -0.39 is 0 Å². The summed E-state index contributed by atoms with van der Waals surface area (Å²) in [5.74, 6) is 4.27. The van der Waals surface area contributed by atoms with Crippen LogP contribution < -0.4 is 5.32 Å². The summed E-state index contributed by atoms with van der Waals surface area (Å²) < 4.78 is 1.09. The van der Waals surface area contributed by atoms with E-state index in [2.05, 4.69) is 51.7 Å². The van der Waals surface area contributed by atoms with Crippen LogP contribution in [0.25, 0.3) is 0 Å². The molecule has 0 amide bonds. The van der Waals surface area contributed by atoms with E-state index in [4.69, 9.17) is 0 Å². The molecule has 0 radical (unpaired) electrons. The number of aromatic nitrogens is 2. The van der Waals surface area contributed by atoms with E-state index in [9.17, 15) is 0 Å². The fourth-order valence-corrected chi connectivity index (χ4v) is 3.33. The van der Waals surface area contributed by atoms with Crippen LogP contribution in [0.1, 0.15) is 51.3 Å². The Morgan fingerprint density at radius 2 is 1.94 bits per heavy atom. The van der Waals surface area contributed by atoms with Gasteiger partial charge in [-0.15, -0.1) is 0 Å². The van der Waals surface area contributed by atoms with Crippen molar-refractivity contribution in [2.45, 2.75) is 45.4 Å². The molecule has 3 nitrogen and oxygen atoms in total. The highest BCUT2D eigenvalue weighted by atomic mass is 127. The molecular formula is C14H22IN3. The lowest BCUT2D eigenvalue weighted by atomic mass is 9.77. The first-order valence-electron chi connectivity index (χ1n) is 6.82. The average Bonchev–Trinajstić information content (AvgIpc) is 2.39. The molecule has 1 heterocycles. The van der Waals surface area contributed by atoms with Crippen LogP contribution in [0.4, 0.5) is 5.82 Å². The van der Waals surface area contributed by atoms with Gasteiger partial charge in [-0.3, -0.25) is 0 Å². The summed E-state index contributed by atoms with van der Waals surface area (Å²) in [5.41, 5.74) is 0. The van der Waals surface area contributed by atoms with Gasteiger partial charge in [0.05, 0.1) is 3.57 Å². The van der Waals surface area contributed by atoms with Gasteiger partial charge in [-0.05, 0) is 60.1 Å². The maximum absolute atomic E-state index is 4.65. The molecule has 100 valence electrons. The van der Waals surface area contributed by atoms with Crippen molar-refractivity contribution >= 4 is 28.4 Å². The lowest BCUT2D eigenvalue weighted by Gasteiger charge is -2.30. The SMILES string of the molecule is CNc1nc(C2CCC(C(C)C)CC2)ncc1I. The van der Waals surface area contributed by atoms with E-state index in [0.717, 1.165) is 27.0 Å². The van der Waals surface area contributed by atoms with Crippen molar-refractivity contribution in [2.75, 3.05) is 12.4 Å². The van der Waals surface area contributed by atoms with Crippen LogP contribution in [0, 0.1) is 15.4 Å². The van der Waals surface area contributed by atoms with Crippen LogP contribution in [0.3, 0.4) is 0 Å². The molecule has 0 aliphatic heterocycles. The van der Waals surface area contributed by atoms with Crippen LogP contribution in [0.15, 0.2) is 6.20 Å². The summed E-state index contributed by atoms with van der Waals surface area (Å²) in [7, 11) is 1.92. The van der Waals surface area contributed by atoms with Crippen molar-refractivity contribution in [1.29, 1.82) is 0 Å². The smallest absolute Gasteiger partial charge is 0.142 e. The molecule has 1 saturated carbocycles. The molecule has 1 aromatic heterocycles. The molecule has 0 saturated heterocycles. The van der Waals surface area contributed by atoms with Gasteiger partial charge in [0.15, 0.2) is 0 Å². The summed E-state index contributed by atoms with van der Waals surface area (Å²) >= 11 is 2.27. The predicted octanol–water partition coefficient (Wildman–Crippen LogP) is 4.05. The van der Waals surface area contributed by atoms with Crippen molar-refractivity contribution in [3.8, 4) is 0 Å². The standard InChI is InChI=1S/C14H22IN3/c1-9(2)10-4-6-11(7-5-10)13-17-8-12(15)14(16-3)18-13/h8-11H,4-7H2,1-3H3,(H,16,17,18). The average molecular weight is 359 g/mol. The van der Waals surface area contributed by atoms with E-state index in [0.29, 0.717) is 5.92 Å². The molecule has 0 aromatic carbocycles. The largest absolute Gasteiger partial charge is 0.372 e. The molecule has 1 aliphatic rings. The summed E-state index contributed by atoms with van der Waals surface area (Å²) in [5, 5.41) is 3.14. The Balaban J connectivity index is 2.05. The Morgan fingerprint density at radius 3 is 2.50 bits per heavy atom. The van der Waals surface area contributed by atoms with Gasteiger partial charge < -0.3 is 5.32 Å². The third kappa shape index (κ3) is 3.13. The van der Waals surface area contributed by atoms with Gasteiger partial charge >= 0.3 is 0 Å². The highest BCUT2D eigenvalue weighted by Crippen LogP contribution is 2.37. The number of nitrogens with one attached hydrogen (secondary N) is 1. The van der Waals surface area contributed by atoms with Crippen molar-refractivity contribution in [3.63, 3.8) is 0 Å². The zero-order valence-electron chi connectivity index (χ0n) is 11.4. The maximum atomic E-state index is 4.65. The molecule has 1 N–H and O–H groups in total. The molecule has 0 atom stereocenters. The molecule has 0 spiro atoms. The van der Waals surface area contributed by atoms with Gasteiger partial charge in [0.25, 0.3) is 0 Å². The number of halogens is 1. The Morgan fingerprint density at radius 1 is 1.28 bits per heavy atom. The lowest BCUT2D eigenvalue weighted by Crippen LogP contribution is -2.19. The van der Waals surface area contributed by atoms with E-state index >= 15 is 0 Å². The number of hydrogen-bond donors (Lipinski definition) is 1. The van der Waals surface area contributed by atoms with Gasteiger partial charge in [0.2, 0.25) is 0 Å². The first-order chi connectivity index (χ1) is 8.61. The van der Waals surface area contributed by atoms with Crippen molar-refractivity contribution in [2.24, 2.45) is 11.8 Å². The molecule has 4 heteroatoms. The van der Waals surface area contributed by atoms with Crippen LogP contribution in [-0.4, -0.2) is 17.0 Å². The molecule has 1 aliphatic carbocycles. The lowest BCUT2D eigenvalue weighted by molar-refractivity contribution is 0.255. The first-order valence-corrected chi connectivity index (χ1v) is 7.90.